The van der Waals surface area contributed by atoms with E-state index in [2.05, 4.69) is 20.8 Å². The highest BCUT2D eigenvalue weighted by Crippen LogP contribution is 2.19. The monoisotopic (exact) mass is 359 g/mol. The Morgan fingerprint density at radius 2 is 1.96 bits per heavy atom. The number of hydrogen-bond donors (Lipinski definition) is 2. The van der Waals surface area contributed by atoms with Crippen LogP contribution in [0.4, 0.5) is 4.39 Å². The van der Waals surface area contributed by atoms with Gasteiger partial charge in [-0.25, -0.2) is 4.39 Å². The number of aromatic nitrogens is 4. The minimum atomic E-state index is -0.355. The molecule has 25 heavy (non-hydrogen) atoms. The number of benzene rings is 2. The maximum Gasteiger partial charge on any atom is 0.230 e. The van der Waals surface area contributed by atoms with Crippen molar-refractivity contribution in [3.8, 4) is 11.4 Å². The van der Waals surface area contributed by atoms with Gasteiger partial charge >= 0.3 is 0 Å². The molecule has 0 saturated heterocycles. The van der Waals surface area contributed by atoms with Crippen molar-refractivity contribution in [2.75, 3.05) is 5.75 Å². The van der Waals surface area contributed by atoms with Gasteiger partial charge in [0.05, 0.1) is 11.4 Å². The molecule has 0 aliphatic rings. The van der Waals surface area contributed by atoms with E-state index in [4.69, 9.17) is 0 Å². The van der Waals surface area contributed by atoms with Gasteiger partial charge in [0.25, 0.3) is 0 Å². The number of hydrogen-bond acceptors (Lipinski definition) is 6. The Morgan fingerprint density at radius 3 is 2.72 bits per heavy atom. The van der Waals surface area contributed by atoms with E-state index in [1.807, 2.05) is 0 Å². The topological polar surface area (TPSA) is 92.9 Å². The van der Waals surface area contributed by atoms with Crippen LogP contribution in [-0.4, -0.2) is 37.0 Å². The fraction of sp³-hybridized carbons (Fsp3) is 0.125. The molecule has 2 aromatic carbocycles. The normalized spacial score (nSPS) is 10.6. The molecule has 128 valence electrons. The quantitative estimate of drug-likeness (QED) is 0.653. The van der Waals surface area contributed by atoms with Crippen LogP contribution < -0.4 is 5.32 Å². The Bertz CT molecular complexity index is 869. The summed E-state index contributed by atoms with van der Waals surface area (Å²) in [5.74, 6) is -0.383. The third kappa shape index (κ3) is 4.32. The Morgan fingerprint density at radius 1 is 1.20 bits per heavy atom. The zero-order valence-electron chi connectivity index (χ0n) is 13.0. The lowest BCUT2D eigenvalue weighted by molar-refractivity contribution is -0.118. The third-order valence-electron chi connectivity index (χ3n) is 3.30. The van der Waals surface area contributed by atoms with Gasteiger partial charge in [-0.3, -0.25) is 4.79 Å². The van der Waals surface area contributed by atoms with E-state index < -0.39 is 0 Å². The summed E-state index contributed by atoms with van der Waals surface area (Å²) >= 11 is 1.16. The molecule has 7 nitrogen and oxygen atoms in total. The number of tetrazole rings is 1. The number of rotatable bonds is 6. The van der Waals surface area contributed by atoms with Crippen molar-refractivity contribution in [3.05, 3.63) is 59.9 Å². The SMILES string of the molecule is O=C(CSc1nnnn1-c1ccc(O)cc1)NCc1ccccc1F. The van der Waals surface area contributed by atoms with Crippen LogP contribution in [-0.2, 0) is 11.3 Å². The lowest BCUT2D eigenvalue weighted by Gasteiger charge is -2.06. The molecule has 0 unspecified atom stereocenters. The van der Waals surface area contributed by atoms with Crippen LogP contribution in [0.1, 0.15) is 5.56 Å². The molecular formula is C16H14FN5O2S. The van der Waals surface area contributed by atoms with Gasteiger partial charge in [-0.05, 0) is 40.8 Å². The smallest absolute Gasteiger partial charge is 0.230 e. The second-order valence-electron chi connectivity index (χ2n) is 5.05. The fourth-order valence-corrected chi connectivity index (χ4v) is 2.76. The average Bonchev–Trinajstić information content (AvgIpc) is 3.08. The van der Waals surface area contributed by atoms with E-state index >= 15 is 0 Å². The molecule has 0 aliphatic carbocycles. The number of phenols is 1. The lowest BCUT2D eigenvalue weighted by atomic mass is 10.2. The van der Waals surface area contributed by atoms with Crippen LogP contribution in [0.15, 0.2) is 53.7 Å². The van der Waals surface area contributed by atoms with Crippen molar-refractivity contribution in [1.29, 1.82) is 0 Å². The molecule has 0 spiro atoms. The molecule has 1 amide bonds. The van der Waals surface area contributed by atoms with Crippen molar-refractivity contribution in [2.45, 2.75) is 11.7 Å². The van der Waals surface area contributed by atoms with Crippen molar-refractivity contribution in [2.24, 2.45) is 0 Å². The fourth-order valence-electron chi connectivity index (χ4n) is 2.04. The van der Waals surface area contributed by atoms with Gasteiger partial charge in [0.2, 0.25) is 11.1 Å². The van der Waals surface area contributed by atoms with Gasteiger partial charge in [0.15, 0.2) is 0 Å². The molecule has 3 rings (SSSR count). The molecule has 3 aromatic rings. The number of nitrogens with zero attached hydrogens (tertiary/aromatic N) is 4. The molecule has 0 atom stereocenters. The molecule has 0 saturated carbocycles. The first kappa shape index (κ1) is 16.9. The van der Waals surface area contributed by atoms with Crippen LogP contribution >= 0.6 is 11.8 Å². The van der Waals surface area contributed by atoms with E-state index in [0.29, 0.717) is 16.4 Å². The number of nitrogens with one attached hydrogen (secondary N) is 1. The second kappa shape index (κ2) is 7.75. The van der Waals surface area contributed by atoms with Crippen LogP contribution in [0, 0.1) is 5.82 Å². The van der Waals surface area contributed by atoms with E-state index in [-0.39, 0.29) is 29.8 Å². The highest BCUT2D eigenvalue weighted by atomic mass is 32.2. The number of thioether (sulfide) groups is 1. The molecule has 0 radical (unpaired) electrons. The molecule has 1 heterocycles. The van der Waals surface area contributed by atoms with Gasteiger partial charge in [0, 0.05) is 12.1 Å². The predicted molar refractivity (Wildman–Crippen MR) is 89.8 cm³/mol. The summed E-state index contributed by atoms with van der Waals surface area (Å²) in [6, 6.07) is 12.6. The van der Waals surface area contributed by atoms with E-state index in [0.717, 1.165) is 11.8 Å². The first-order valence-corrected chi connectivity index (χ1v) is 8.33. The largest absolute Gasteiger partial charge is 0.508 e. The minimum Gasteiger partial charge on any atom is -0.508 e. The van der Waals surface area contributed by atoms with Gasteiger partial charge in [-0.1, -0.05) is 30.0 Å². The Kier molecular flexibility index (Phi) is 5.24. The second-order valence-corrected chi connectivity index (χ2v) is 5.99. The number of aromatic hydroxyl groups is 1. The summed E-state index contributed by atoms with van der Waals surface area (Å²) in [4.78, 5) is 12.0. The van der Waals surface area contributed by atoms with E-state index in [1.165, 1.54) is 22.9 Å². The number of carbonyl (C=O) groups excluding carboxylic acids is 1. The van der Waals surface area contributed by atoms with Crippen molar-refractivity contribution in [1.82, 2.24) is 25.5 Å². The van der Waals surface area contributed by atoms with Gasteiger partial charge in [0.1, 0.15) is 11.6 Å². The number of amides is 1. The molecule has 2 N–H and O–H groups in total. The molecule has 9 heteroatoms. The first-order valence-electron chi connectivity index (χ1n) is 7.34. The maximum atomic E-state index is 13.5. The lowest BCUT2D eigenvalue weighted by Crippen LogP contribution is -2.25. The van der Waals surface area contributed by atoms with Gasteiger partial charge < -0.3 is 10.4 Å². The van der Waals surface area contributed by atoms with Crippen molar-refractivity contribution in [3.63, 3.8) is 0 Å². The van der Waals surface area contributed by atoms with Crippen LogP contribution in [0.25, 0.3) is 5.69 Å². The molecule has 0 bridgehead atoms. The maximum absolute atomic E-state index is 13.5. The highest BCUT2D eigenvalue weighted by molar-refractivity contribution is 7.99. The molecular weight excluding hydrogens is 345 g/mol. The third-order valence-corrected chi connectivity index (χ3v) is 4.22. The van der Waals surface area contributed by atoms with Crippen molar-refractivity contribution < 1.29 is 14.3 Å². The summed E-state index contributed by atoms with van der Waals surface area (Å²) in [5.41, 5.74) is 1.09. The highest BCUT2D eigenvalue weighted by Gasteiger charge is 2.12. The number of phenolic OH excluding ortho intramolecular Hbond substituents is 1. The first-order chi connectivity index (χ1) is 12.1. The summed E-state index contributed by atoms with van der Waals surface area (Å²) in [7, 11) is 0. The summed E-state index contributed by atoms with van der Waals surface area (Å²) in [6.07, 6.45) is 0. The Hall–Kier alpha value is -2.94. The van der Waals surface area contributed by atoms with Crippen LogP contribution in [0.5, 0.6) is 5.75 Å². The van der Waals surface area contributed by atoms with Gasteiger partial charge in [-0.2, -0.15) is 4.68 Å². The molecule has 0 aliphatic heterocycles. The summed E-state index contributed by atoms with van der Waals surface area (Å²) < 4.78 is 15.0. The van der Waals surface area contributed by atoms with Crippen molar-refractivity contribution >= 4 is 17.7 Å². The van der Waals surface area contributed by atoms with E-state index in [1.54, 1.807) is 30.3 Å². The van der Waals surface area contributed by atoms with E-state index in [9.17, 15) is 14.3 Å². The Labute approximate surface area is 146 Å². The summed E-state index contributed by atoms with van der Waals surface area (Å²) in [6.45, 7) is 0.120. The zero-order valence-corrected chi connectivity index (χ0v) is 13.8. The molecule has 0 fully saturated rings. The predicted octanol–water partition coefficient (Wildman–Crippen LogP) is 1.92. The summed E-state index contributed by atoms with van der Waals surface area (Å²) in [5, 5.41) is 23.8. The number of halogens is 1. The number of carbonyl (C=O) groups is 1. The van der Waals surface area contributed by atoms with Crippen LogP contribution in [0.2, 0.25) is 0 Å². The van der Waals surface area contributed by atoms with Gasteiger partial charge in [-0.15, -0.1) is 5.10 Å². The standard InChI is InChI=1S/C16H14FN5O2S/c17-14-4-2-1-3-11(14)9-18-15(24)10-25-16-19-20-21-22(16)12-5-7-13(23)8-6-12/h1-8,23H,9-10H2,(H,18,24). The molecule has 1 aromatic heterocycles. The Balaban J connectivity index is 1.57. The average molecular weight is 359 g/mol. The van der Waals surface area contributed by atoms with Crippen LogP contribution in [0.3, 0.4) is 0 Å². The zero-order chi connectivity index (χ0) is 17.6. The minimum absolute atomic E-state index is 0.0902.